The van der Waals surface area contributed by atoms with E-state index in [0.717, 1.165) is 16.5 Å². The highest BCUT2D eigenvalue weighted by Gasteiger charge is 2.16. The van der Waals surface area contributed by atoms with Crippen molar-refractivity contribution in [3.8, 4) is 0 Å². The summed E-state index contributed by atoms with van der Waals surface area (Å²) in [5.74, 6) is -0.651. The number of rotatable bonds is 5. The maximum absolute atomic E-state index is 12.8. The summed E-state index contributed by atoms with van der Waals surface area (Å²) in [5, 5.41) is 3.95. The van der Waals surface area contributed by atoms with E-state index in [1.807, 2.05) is 18.2 Å². The van der Waals surface area contributed by atoms with Crippen molar-refractivity contribution >= 4 is 28.4 Å². The molecule has 2 aromatic rings. The molecule has 114 valence electrons. The molecule has 0 aliphatic rings. The van der Waals surface area contributed by atoms with E-state index >= 15 is 0 Å². The number of halogens is 3. The van der Waals surface area contributed by atoms with Crippen LogP contribution in [0, 0.1) is 0 Å². The second kappa shape index (κ2) is 6.43. The van der Waals surface area contributed by atoms with Gasteiger partial charge in [-0.25, -0.2) is 8.78 Å². The van der Waals surface area contributed by atoms with Gasteiger partial charge in [-0.05, 0) is 29.7 Å². The monoisotopic (exact) mass is 314 g/mol. The number of carbonyl (C=O) groups excluding carboxylic acids is 1. The Kier molecular flexibility index (Phi) is 4.83. The lowest BCUT2D eigenvalue weighted by atomic mass is 10.0. The normalized spacial score (nSPS) is 12.9. The Morgan fingerprint density at radius 1 is 1.38 bits per heavy atom. The summed E-state index contributed by atoms with van der Waals surface area (Å²) in [7, 11) is 0. The van der Waals surface area contributed by atoms with Crippen LogP contribution in [0.1, 0.15) is 31.0 Å². The molecule has 1 aromatic carbocycles. The first-order chi connectivity index (χ1) is 9.92. The van der Waals surface area contributed by atoms with Crippen LogP contribution in [0.25, 0.3) is 10.9 Å². The van der Waals surface area contributed by atoms with E-state index in [9.17, 15) is 13.6 Å². The molecule has 0 radical (unpaired) electrons. The Morgan fingerprint density at radius 2 is 2.10 bits per heavy atom. The van der Waals surface area contributed by atoms with E-state index in [1.165, 1.54) is 0 Å². The maximum Gasteiger partial charge on any atom is 0.257 e. The molecule has 0 fully saturated rings. The topological polar surface area (TPSA) is 44.9 Å². The number of carbonyl (C=O) groups is 1. The number of hydrogen-bond acceptors (Lipinski definition) is 1. The summed E-state index contributed by atoms with van der Waals surface area (Å²) in [5.41, 5.74) is 2.64. The van der Waals surface area contributed by atoms with Crippen LogP contribution in [0.5, 0.6) is 0 Å². The molecular weight excluding hydrogens is 298 g/mol. The number of alkyl halides is 2. The lowest BCUT2D eigenvalue weighted by Gasteiger charge is -2.07. The van der Waals surface area contributed by atoms with Crippen LogP contribution < -0.4 is 5.32 Å². The molecule has 3 nitrogen and oxygen atoms in total. The summed E-state index contributed by atoms with van der Waals surface area (Å²) in [6, 6.07) is 5.65. The standard InChI is InChI=1S/C15H17ClF2N2O/c1-8(2)11-5-14-9(4-12(11)16)3-10(20-14)7-19-15(21)13(18)6-17/h3-5,8,13,20H,6-7H2,1-2H3,(H,19,21). The molecule has 2 rings (SSSR count). The first kappa shape index (κ1) is 15.8. The van der Waals surface area contributed by atoms with Gasteiger partial charge >= 0.3 is 0 Å². The summed E-state index contributed by atoms with van der Waals surface area (Å²) in [6.45, 7) is 2.90. The first-order valence-electron chi connectivity index (χ1n) is 6.71. The van der Waals surface area contributed by atoms with Crippen molar-refractivity contribution in [2.24, 2.45) is 0 Å². The molecule has 1 unspecified atom stereocenters. The highest BCUT2D eigenvalue weighted by molar-refractivity contribution is 6.32. The third-order valence-electron chi connectivity index (χ3n) is 3.29. The third kappa shape index (κ3) is 3.53. The quantitative estimate of drug-likeness (QED) is 0.864. The SMILES string of the molecule is CC(C)c1cc2[nH]c(CNC(=O)C(F)CF)cc2cc1Cl. The molecule has 21 heavy (non-hydrogen) atoms. The van der Waals surface area contributed by atoms with E-state index in [0.29, 0.717) is 16.6 Å². The van der Waals surface area contributed by atoms with Gasteiger partial charge in [0, 0.05) is 21.6 Å². The van der Waals surface area contributed by atoms with Crippen molar-refractivity contribution < 1.29 is 13.6 Å². The highest BCUT2D eigenvalue weighted by Crippen LogP contribution is 2.29. The van der Waals surface area contributed by atoms with Crippen molar-refractivity contribution in [2.75, 3.05) is 6.67 Å². The van der Waals surface area contributed by atoms with Crippen molar-refractivity contribution in [3.05, 3.63) is 34.5 Å². The highest BCUT2D eigenvalue weighted by atomic mass is 35.5. The molecule has 0 aliphatic carbocycles. The van der Waals surface area contributed by atoms with Crippen molar-refractivity contribution in [3.63, 3.8) is 0 Å². The fourth-order valence-electron chi connectivity index (χ4n) is 2.13. The van der Waals surface area contributed by atoms with Crippen LogP contribution >= 0.6 is 11.6 Å². The van der Waals surface area contributed by atoms with Gasteiger partial charge in [0.15, 0.2) is 0 Å². The van der Waals surface area contributed by atoms with Gasteiger partial charge in [0.05, 0.1) is 6.54 Å². The van der Waals surface area contributed by atoms with Gasteiger partial charge in [-0.2, -0.15) is 0 Å². The van der Waals surface area contributed by atoms with Gasteiger partial charge in [0.2, 0.25) is 6.17 Å². The van der Waals surface area contributed by atoms with Crippen LogP contribution in [0.4, 0.5) is 8.78 Å². The number of hydrogen-bond donors (Lipinski definition) is 2. The second-order valence-corrected chi connectivity index (χ2v) is 5.66. The van der Waals surface area contributed by atoms with Crippen molar-refractivity contribution in [1.82, 2.24) is 10.3 Å². The van der Waals surface area contributed by atoms with Gasteiger partial charge in [-0.15, -0.1) is 0 Å². The number of aromatic nitrogens is 1. The molecule has 1 heterocycles. The van der Waals surface area contributed by atoms with Gasteiger partial charge in [0.25, 0.3) is 5.91 Å². The second-order valence-electron chi connectivity index (χ2n) is 5.25. The molecule has 6 heteroatoms. The fraction of sp³-hybridized carbons (Fsp3) is 0.400. The number of fused-ring (bicyclic) bond motifs is 1. The van der Waals surface area contributed by atoms with Crippen molar-refractivity contribution in [1.29, 1.82) is 0 Å². The number of benzene rings is 1. The maximum atomic E-state index is 12.8. The largest absolute Gasteiger partial charge is 0.357 e. The number of aromatic amines is 1. The smallest absolute Gasteiger partial charge is 0.257 e. The summed E-state index contributed by atoms with van der Waals surface area (Å²) < 4.78 is 24.8. The predicted octanol–water partition coefficient (Wildman–Crippen LogP) is 3.87. The zero-order valence-electron chi connectivity index (χ0n) is 11.8. The van der Waals surface area contributed by atoms with E-state index in [1.54, 1.807) is 0 Å². The minimum atomic E-state index is -2.11. The van der Waals surface area contributed by atoms with Crippen molar-refractivity contribution in [2.45, 2.75) is 32.5 Å². The summed E-state index contributed by atoms with van der Waals surface area (Å²) in [6.07, 6.45) is -2.11. The van der Waals surface area contributed by atoms with E-state index in [4.69, 9.17) is 11.6 Å². The van der Waals surface area contributed by atoms with Crippen LogP contribution in [0.15, 0.2) is 18.2 Å². The molecule has 1 atom stereocenters. The fourth-order valence-corrected chi connectivity index (χ4v) is 2.52. The molecule has 0 saturated carbocycles. The zero-order chi connectivity index (χ0) is 15.6. The average molecular weight is 315 g/mol. The molecule has 0 bridgehead atoms. The molecular formula is C15H17ClF2N2O. The molecule has 1 aromatic heterocycles. The van der Waals surface area contributed by atoms with Crippen LogP contribution in [-0.2, 0) is 11.3 Å². The molecule has 0 saturated heterocycles. The Bertz CT molecular complexity index is 654. The number of amides is 1. The first-order valence-corrected chi connectivity index (χ1v) is 7.09. The van der Waals surface area contributed by atoms with Gasteiger partial charge in [-0.1, -0.05) is 25.4 Å². The van der Waals surface area contributed by atoms with Gasteiger partial charge in [-0.3, -0.25) is 4.79 Å². The lowest BCUT2D eigenvalue weighted by molar-refractivity contribution is -0.126. The van der Waals surface area contributed by atoms with Gasteiger partial charge < -0.3 is 10.3 Å². The lowest BCUT2D eigenvalue weighted by Crippen LogP contribution is -2.32. The number of H-pyrrole nitrogens is 1. The van der Waals surface area contributed by atoms with Crippen LogP contribution in [0.3, 0.4) is 0 Å². The minimum Gasteiger partial charge on any atom is -0.357 e. The summed E-state index contributed by atoms with van der Waals surface area (Å²) in [4.78, 5) is 14.3. The Morgan fingerprint density at radius 3 is 2.71 bits per heavy atom. The third-order valence-corrected chi connectivity index (χ3v) is 3.62. The van der Waals surface area contributed by atoms with E-state index in [-0.39, 0.29) is 6.54 Å². The van der Waals surface area contributed by atoms with Gasteiger partial charge in [0.1, 0.15) is 6.67 Å². The Balaban J connectivity index is 2.18. The van der Waals surface area contributed by atoms with E-state index in [2.05, 4.69) is 24.1 Å². The van der Waals surface area contributed by atoms with Crippen LogP contribution in [0.2, 0.25) is 5.02 Å². The summed E-state index contributed by atoms with van der Waals surface area (Å²) >= 11 is 6.22. The zero-order valence-corrected chi connectivity index (χ0v) is 12.6. The Hall–Kier alpha value is -1.62. The molecule has 0 spiro atoms. The van der Waals surface area contributed by atoms with Crippen LogP contribution in [-0.4, -0.2) is 23.7 Å². The number of nitrogens with one attached hydrogen (secondary N) is 2. The average Bonchev–Trinajstić information content (AvgIpc) is 2.84. The molecule has 2 N–H and O–H groups in total. The minimum absolute atomic E-state index is 0.114. The Labute approximate surface area is 126 Å². The predicted molar refractivity (Wildman–Crippen MR) is 80.1 cm³/mol. The molecule has 0 aliphatic heterocycles. The van der Waals surface area contributed by atoms with E-state index < -0.39 is 18.8 Å². The molecule has 1 amide bonds.